The highest BCUT2D eigenvalue weighted by molar-refractivity contribution is 5.83. The van der Waals surface area contributed by atoms with Crippen molar-refractivity contribution in [3.63, 3.8) is 0 Å². The zero-order valence-corrected chi connectivity index (χ0v) is 13.5. The Balaban J connectivity index is 2.06. The van der Waals surface area contributed by atoms with E-state index in [2.05, 4.69) is 10.1 Å². The average Bonchev–Trinajstić information content (AvgIpc) is 2.94. The highest BCUT2D eigenvalue weighted by Gasteiger charge is 2.13. The smallest absolute Gasteiger partial charge is 0.243 e. The van der Waals surface area contributed by atoms with Gasteiger partial charge in [-0.05, 0) is 36.2 Å². The van der Waals surface area contributed by atoms with E-state index < -0.39 is 11.6 Å². The summed E-state index contributed by atoms with van der Waals surface area (Å²) in [5, 5.41) is 4.17. The number of hydrogen-bond acceptors (Lipinski definition) is 3. The fourth-order valence-corrected chi connectivity index (χ4v) is 2.40. The number of amides is 1. The van der Waals surface area contributed by atoms with Gasteiger partial charge in [0.1, 0.15) is 12.1 Å². The van der Waals surface area contributed by atoms with Gasteiger partial charge >= 0.3 is 0 Å². The van der Waals surface area contributed by atoms with Crippen LogP contribution in [0.25, 0.3) is 22.2 Å². The first-order valence-corrected chi connectivity index (χ1v) is 7.34. The minimum atomic E-state index is -0.901. The van der Waals surface area contributed by atoms with Gasteiger partial charge in [0.15, 0.2) is 11.6 Å². The summed E-state index contributed by atoms with van der Waals surface area (Å²) in [6.07, 6.45) is 3.15. The second-order valence-corrected chi connectivity index (χ2v) is 5.81. The van der Waals surface area contributed by atoms with Crippen LogP contribution in [0.4, 0.5) is 8.78 Å². The Bertz CT molecular complexity index is 910. The maximum Gasteiger partial charge on any atom is 0.243 e. The van der Waals surface area contributed by atoms with Crippen LogP contribution in [0.5, 0.6) is 0 Å². The highest BCUT2D eigenvalue weighted by atomic mass is 19.2. The van der Waals surface area contributed by atoms with Gasteiger partial charge in [-0.1, -0.05) is 0 Å². The molecular formula is C17H16F2N4O. The second-order valence-electron chi connectivity index (χ2n) is 5.81. The molecule has 1 amide bonds. The zero-order valence-electron chi connectivity index (χ0n) is 13.5. The molecule has 3 rings (SSSR count). The summed E-state index contributed by atoms with van der Waals surface area (Å²) in [6, 6.07) is 4.47. The van der Waals surface area contributed by atoms with Crippen molar-refractivity contribution in [3.8, 4) is 11.1 Å². The summed E-state index contributed by atoms with van der Waals surface area (Å²) in [5.74, 6) is -1.86. The van der Waals surface area contributed by atoms with Crippen LogP contribution in [0.1, 0.15) is 5.56 Å². The predicted octanol–water partition coefficient (Wildman–Crippen LogP) is 2.77. The fourth-order valence-electron chi connectivity index (χ4n) is 2.40. The van der Waals surface area contributed by atoms with E-state index in [1.807, 2.05) is 0 Å². The number of pyridine rings is 1. The number of carbonyl (C=O) groups excluding carboxylic acids is 1. The third-order valence-corrected chi connectivity index (χ3v) is 3.82. The molecule has 3 aromatic rings. The van der Waals surface area contributed by atoms with Crippen molar-refractivity contribution in [2.45, 2.75) is 13.5 Å². The maximum absolute atomic E-state index is 13.7. The van der Waals surface area contributed by atoms with Crippen LogP contribution in [0, 0.1) is 18.6 Å². The van der Waals surface area contributed by atoms with Crippen LogP contribution in [0.15, 0.2) is 30.6 Å². The van der Waals surface area contributed by atoms with Gasteiger partial charge in [0.25, 0.3) is 0 Å². The van der Waals surface area contributed by atoms with Gasteiger partial charge in [0.2, 0.25) is 5.91 Å². The summed E-state index contributed by atoms with van der Waals surface area (Å²) in [5.41, 5.74) is 2.66. The van der Waals surface area contributed by atoms with Crippen molar-refractivity contribution < 1.29 is 13.6 Å². The molecule has 1 aromatic carbocycles. The summed E-state index contributed by atoms with van der Waals surface area (Å²) in [7, 11) is 3.34. The van der Waals surface area contributed by atoms with E-state index in [1.54, 1.807) is 43.3 Å². The third-order valence-electron chi connectivity index (χ3n) is 3.82. The van der Waals surface area contributed by atoms with Crippen molar-refractivity contribution >= 4 is 16.9 Å². The lowest BCUT2D eigenvalue weighted by Crippen LogP contribution is -2.26. The molecule has 0 N–H and O–H groups in total. The van der Waals surface area contributed by atoms with Gasteiger partial charge in [-0.3, -0.25) is 14.5 Å². The number of benzene rings is 1. The number of hydrogen-bond donors (Lipinski definition) is 0. The molecule has 0 atom stereocenters. The fraction of sp³-hybridized carbons (Fsp3) is 0.235. The van der Waals surface area contributed by atoms with Crippen molar-refractivity contribution in [2.75, 3.05) is 14.1 Å². The van der Waals surface area contributed by atoms with Crippen molar-refractivity contribution in [2.24, 2.45) is 0 Å². The van der Waals surface area contributed by atoms with Crippen molar-refractivity contribution in [1.82, 2.24) is 19.7 Å². The summed E-state index contributed by atoms with van der Waals surface area (Å²) in [6.45, 7) is 1.59. The lowest BCUT2D eigenvalue weighted by atomic mass is 10.0. The highest BCUT2D eigenvalue weighted by Crippen LogP contribution is 2.26. The maximum atomic E-state index is 13.7. The molecule has 0 spiro atoms. The SMILES string of the molecule is Cc1cc(-c2cnc3cnn(CC(=O)N(C)C)c3c2)cc(F)c1F. The van der Waals surface area contributed by atoms with Crippen LogP contribution in [-0.4, -0.2) is 39.7 Å². The topological polar surface area (TPSA) is 51.0 Å². The molecule has 5 nitrogen and oxygen atoms in total. The number of aromatic nitrogens is 3. The Kier molecular flexibility index (Phi) is 4.01. The molecule has 2 heterocycles. The van der Waals surface area contributed by atoms with Crippen LogP contribution in [0.2, 0.25) is 0 Å². The average molecular weight is 330 g/mol. The molecule has 0 unspecified atom stereocenters. The Hall–Kier alpha value is -2.83. The number of aryl methyl sites for hydroxylation is 1. The molecule has 0 aliphatic carbocycles. The van der Waals surface area contributed by atoms with E-state index in [-0.39, 0.29) is 18.0 Å². The number of halogens is 2. The number of fused-ring (bicyclic) bond motifs is 1. The molecule has 0 saturated carbocycles. The predicted molar refractivity (Wildman–Crippen MR) is 86.3 cm³/mol. The standard InChI is InChI=1S/C17H16F2N4O/c1-10-4-11(5-13(18)17(10)19)12-6-15-14(20-7-12)8-21-23(15)9-16(24)22(2)3/h4-8H,9H2,1-3H3. The first-order valence-electron chi connectivity index (χ1n) is 7.34. The van der Waals surface area contributed by atoms with Crippen LogP contribution in [0.3, 0.4) is 0 Å². The number of rotatable bonds is 3. The van der Waals surface area contributed by atoms with E-state index in [4.69, 9.17) is 0 Å². The van der Waals surface area contributed by atoms with Crippen molar-refractivity contribution in [1.29, 1.82) is 0 Å². The van der Waals surface area contributed by atoms with Gasteiger partial charge in [-0.2, -0.15) is 5.10 Å². The van der Waals surface area contributed by atoms with Crippen LogP contribution >= 0.6 is 0 Å². The van der Waals surface area contributed by atoms with E-state index in [9.17, 15) is 13.6 Å². The zero-order chi connectivity index (χ0) is 17.4. The summed E-state index contributed by atoms with van der Waals surface area (Å²) in [4.78, 5) is 17.7. The number of nitrogens with zero attached hydrogens (tertiary/aromatic N) is 4. The largest absolute Gasteiger partial charge is 0.347 e. The number of likely N-dealkylation sites (N-methyl/N-ethyl adjacent to an activating group) is 1. The normalized spacial score (nSPS) is 11.0. The van der Waals surface area contributed by atoms with Crippen LogP contribution < -0.4 is 0 Å². The van der Waals surface area contributed by atoms with Gasteiger partial charge in [-0.25, -0.2) is 8.78 Å². The van der Waals surface area contributed by atoms with E-state index in [0.717, 1.165) is 6.07 Å². The molecule has 124 valence electrons. The summed E-state index contributed by atoms with van der Waals surface area (Å²) >= 11 is 0. The Morgan fingerprint density at radius 3 is 2.58 bits per heavy atom. The molecule has 24 heavy (non-hydrogen) atoms. The Morgan fingerprint density at radius 1 is 1.17 bits per heavy atom. The third kappa shape index (κ3) is 2.84. The van der Waals surface area contributed by atoms with E-state index in [1.165, 1.54) is 11.8 Å². The quantitative estimate of drug-likeness (QED) is 0.742. The van der Waals surface area contributed by atoms with E-state index >= 15 is 0 Å². The van der Waals surface area contributed by atoms with Gasteiger partial charge in [0.05, 0.1) is 11.7 Å². The first kappa shape index (κ1) is 16.0. The lowest BCUT2D eigenvalue weighted by molar-refractivity contribution is -0.129. The molecule has 0 aliphatic rings. The van der Waals surface area contributed by atoms with E-state index in [0.29, 0.717) is 22.2 Å². The minimum absolute atomic E-state index is 0.0818. The molecule has 0 saturated heterocycles. The molecular weight excluding hydrogens is 314 g/mol. The molecule has 0 fully saturated rings. The molecule has 0 bridgehead atoms. The Labute approximate surface area is 137 Å². The number of carbonyl (C=O) groups is 1. The summed E-state index contributed by atoms with van der Waals surface area (Å²) < 4.78 is 28.7. The first-order chi connectivity index (χ1) is 11.4. The molecule has 0 radical (unpaired) electrons. The second kappa shape index (κ2) is 5.99. The molecule has 2 aromatic heterocycles. The monoisotopic (exact) mass is 330 g/mol. The van der Waals surface area contributed by atoms with Crippen molar-refractivity contribution in [3.05, 3.63) is 47.8 Å². The minimum Gasteiger partial charge on any atom is -0.347 e. The van der Waals surface area contributed by atoms with Gasteiger partial charge in [-0.15, -0.1) is 0 Å². The lowest BCUT2D eigenvalue weighted by Gasteiger charge is -2.11. The molecule has 7 heteroatoms. The van der Waals surface area contributed by atoms with Crippen LogP contribution in [-0.2, 0) is 11.3 Å². The van der Waals surface area contributed by atoms with Gasteiger partial charge < -0.3 is 4.90 Å². The van der Waals surface area contributed by atoms with Gasteiger partial charge in [0, 0.05) is 25.9 Å². The molecule has 0 aliphatic heterocycles. The Morgan fingerprint density at radius 2 is 1.92 bits per heavy atom.